The number of piperazine rings is 1. The fraction of sp³-hybridized carbons (Fsp3) is 0.343. The van der Waals surface area contributed by atoms with Crippen molar-refractivity contribution in [3.05, 3.63) is 83.3 Å². The summed E-state index contributed by atoms with van der Waals surface area (Å²) in [7, 11) is 3.66. The Morgan fingerprint density at radius 3 is 2.54 bits per heavy atom. The molecule has 0 saturated carbocycles. The highest BCUT2D eigenvalue weighted by molar-refractivity contribution is 5.88. The zero-order valence-corrected chi connectivity index (χ0v) is 27.0. The minimum atomic E-state index is -0.751. The van der Waals surface area contributed by atoms with Gasteiger partial charge < -0.3 is 29.3 Å². The van der Waals surface area contributed by atoms with E-state index in [1.54, 1.807) is 12.1 Å². The van der Waals surface area contributed by atoms with Gasteiger partial charge in [0.2, 0.25) is 5.95 Å². The zero-order valence-electron chi connectivity index (χ0n) is 27.0. The van der Waals surface area contributed by atoms with Crippen LogP contribution in [0.2, 0.25) is 0 Å². The summed E-state index contributed by atoms with van der Waals surface area (Å²) < 4.78 is 31.9. The van der Waals surface area contributed by atoms with Gasteiger partial charge >= 0.3 is 6.09 Å². The molecule has 0 atom stereocenters. The van der Waals surface area contributed by atoms with Crippen molar-refractivity contribution >= 4 is 23.5 Å². The Hall–Kier alpha value is -4.74. The largest absolute Gasteiger partial charge is 0.493 e. The lowest BCUT2D eigenvalue weighted by Crippen LogP contribution is -2.44. The first-order chi connectivity index (χ1) is 22.2. The molecule has 1 amide bonds. The number of amides is 1. The summed E-state index contributed by atoms with van der Waals surface area (Å²) in [4.78, 5) is 26.4. The van der Waals surface area contributed by atoms with Gasteiger partial charge in [-0.25, -0.2) is 14.2 Å². The van der Waals surface area contributed by atoms with Crippen molar-refractivity contribution in [2.75, 3.05) is 64.1 Å². The van der Waals surface area contributed by atoms with Crippen LogP contribution < -0.4 is 24.8 Å². The van der Waals surface area contributed by atoms with E-state index in [-0.39, 0.29) is 17.5 Å². The monoisotopic (exact) mass is 628 g/mol. The molecule has 4 aromatic rings. The molecule has 0 radical (unpaired) electrons. The van der Waals surface area contributed by atoms with Crippen molar-refractivity contribution in [2.24, 2.45) is 0 Å². The minimum Gasteiger partial charge on any atom is -0.493 e. The summed E-state index contributed by atoms with van der Waals surface area (Å²) in [6.07, 6.45) is 1.55. The molecule has 2 heterocycles. The van der Waals surface area contributed by atoms with E-state index in [0.717, 1.165) is 67.0 Å². The Kier molecular flexibility index (Phi) is 10.7. The van der Waals surface area contributed by atoms with Crippen LogP contribution in [0.1, 0.15) is 23.1 Å². The third kappa shape index (κ3) is 8.29. The third-order valence-corrected chi connectivity index (χ3v) is 8.05. The number of rotatable bonds is 11. The standard InChI is InChI=1S/C35H41FN6O4/c1-23-20-28(27-9-6-8-24(2)25(27)3)33(31(21-23)44-5)46-35(43)40-32-12-13-37-34(39-32)38-26-10-11-30(29(36)22-26)45-19-7-14-42-17-15-41(4)16-18-42/h6,8-13,20-22H,7,14-19H2,1-5H3,(H2,37,38,39,40,43). The van der Waals surface area contributed by atoms with Gasteiger partial charge in [-0.1, -0.05) is 18.2 Å². The van der Waals surface area contributed by atoms with Crippen LogP contribution in [0.3, 0.4) is 0 Å². The van der Waals surface area contributed by atoms with Crippen molar-refractivity contribution in [1.82, 2.24) is 19.8 Å². The van der Waals surface area contributed by atoms with Gasteiger partial charge in [0, 0.05) is 56.2 Å². The Morgan fingerprint density at radius 1 is 0.978 bits per heavy atom. The number of halogens is 1. The highest BCUT2D eigenvalue weighted by atomic mass is 19.1. The maximum atomic E-state index is 14.8. The van der Waals surface area contributed by atoms with E-state index < -0.39 is 11.9 Å². The van der Waals surface area contributed by atoms with E-state index in [1.165, 1.54) is 25.4 Å². The Morgan fingerprint density at radius 2 is 1.78 bits per heavy atom. The van der Waals surface area contributed by atoms with E-state index in [2.05, 4.69) is 37.4 Å². The molecule has 3 aromatic carbocycles. The van der Waals surface area contributed by atoms with Crippen LogP contribution in [0.4, 0.5) is 26.6 Å². The van der Waals surface area contributed by atoms with Crippen LogP contribution in [0.25, 0.3) is 11.1 Å². The number of benzene rings is 3. The van der Waals surface area contributed by atoms with Crippen molar-refractivity contribution in [3.63, 3.8) is 0 Å². The van der Waals surface area contributed by atoms with Gasteiger partial charge in [-0.2, -0.15) is 4.98 Å². The molecule has 0 bridgehead atoms. The molecule has 1 aliphatic rings. The molecule has 11 heteroatoms. The summed E-state index contributed by atoms with van der Waals surface area (Å²) in [5.41, 5.74) is 5.27. The molecule has 0 unspecified atom stereocenters. The molecule has 1 fully saturated rings. The minimum absolute atomic E-state index is 0.169. The van der Waals surface area contributed by atoms with Crippen LogP contribution >= 0.6 is 0 Å². The predicted octanol–water partition coefficient (Wildman–Crippen LogP) is 6.59. The first-order valence-corrected chi connectivity index (χ1v) is 15.4. The lowest BCUT2D eigenvalue weighted by molar-refractivity contribution is 0.145. The number of aromatic nitrogens is 2. The molecule has 2 N–H and O–H groups in total. The van der Waals surface area contributed by atoms with Gasteiger partial charge in [0.05, 0.1) is 13.7 Å². The predicted molar refractivity (Wildman–Crippen MR) is 178 cm³/mol. The Balaban J connectivity index is 1.20. The summed E-state index contributed by atoms with van der Waals surface area (Å²) in [6, 6.07) is 15.9. The molecule has 0 spiro atoms. The first-order valence-electron chi connectivity index (χ1n) is 15.4. The van der Waals surface area contributed by atoms with Gasteiger partial charge in [-0.3, -0.25) is 5.32 Å². The number of carbonyl (C=O) groups is 1. The van der Waals surface area contributed by atoms with E-state index in [1.807, 2.05) is 51.1 Å². The number of hydrogen-bond acceptors (Lipinski definition) is 9. The molecular weight excluding hydrogens is 587 g/mol. The summed E-state index contributed by atoms with van der Waals surface area (Å²) >= 11 is 0. The highest BCUT2D eigenvalue weighted by Crippen LogP contribution is 2.41. The lowest BCUT2D eigenvalue weighted by Gasteiger charge is -2.32. The molecule has 5 rings (SSSR count). The van der Waals surface area contributed by atoms with E-state index in [0.29, 0.717) is 23.8 Å². The normalized spacial score (nSPS) is 13.7. The molecule has 46 heavy (non-hydrogen) atoms. The second kappa shape index (κ2) is 15.0. The SMILES string of the molecule is COc1cc(C)cc(-c2cccc(C)c2C)c1OC(=O)Nc1ccnc(Nc2ccc(OCCCN3CCN(C)CC3)c(F)c2)n1. The second-order valence-electron chi connectivity index (χ2n) is 11.5. The summed E-state index contributed by atoms with van der Waals surface area (Å²) in [5, 5.41) is 5.63. The van der Waals surface area contributed by atoms with Crippen LogP contribution in [-0.4, -0.2) is 79.3 Å². The van der Waals surface area contributed by atoms with E-state index in [9.17, 15) is 9.18 Å². The number of methoxy groups -OCH3 is 1. The molecule has 1 aromatic heterocycles. The average molecular weight is 629 g/mol. The summed E-state index contributed by atoms with van der Waals surface area (Å²) in [5.74, 6) is 0.790. The van der Waals surface area contributed by atoms with Crippen molar-refractivity contribution in [3.8, 4) is 28.4 Å². The van der Waals surface area contributed by atoms with Crippen molar-refractivity contribution < 1.29 is 23.4 Å². The van der Waals surface area contributed by atoms with Crippen molar-refractivity contribution in [2.45, 2.75) is 27.2 Å². The van der Waals surface area contributed by atoms with E-state index >= 15 is 0 Å². The van der Waals surface area contributed by atoms with Gasteiger partial charge in [0.25, 0.3) is 0 Å². The second-order valence-corrected chi connectivity index (χ2v) is 11.5. The molecule has 242 valence electrons. The quantitative estimate of drug-likeness (QED) is 0.178. The Labute approximate surface area is 269 Å². The number of likely N-dealkylation sites (N-methyl/N-ethyl adjacent to an activating group) is 1. The zero-order chi connectivity index (χ0) is 32.6. The number of aryl methyl sites for hydroxylation is 2. The number of ether oxygens (including phenoxy) is 3. The van der Waals surface area contributed by atoms with Crippen LogP contribution in [-0.2, 0) is 0 Å². The highest BCUT2D eigenvalue weighted by Gasteiger charge is 2.20. The molecule has 1 aliphatic heterocycles. The topological polar surface area (TPSA) is 101 Å². The smallest absolute Gasteiger partial charge is 0.418 e. The van der Waals surface area contributed by atoms with E-state index in [4.69, 9.17) is 14.2 Å². The van der Waals surface area contributed by atoms with Gasteiger partial charge in [-0.05, 0) is 86.8 Å². The number of nitrogens with zero attached hydrogens (tertiary/aromatic N) is 4. The third-order valence-electron chi connectivity index (χ3n) is 8.05. The van der Waals surface area contributed by atoms with Crippen LogP contribution in [0.15, 0.2) is 60.8 Å². The first kappa shape index (κ1) is 32.6. The van der Waals surface area contributed by atoms with Crippen LogP contribution in [0, 0.1) is 26.6 Å². The molecule has 10 nitrogen and oxygen atoms in total. The maximum Gasteiger partial charge on any atom is 0.418 e. The molecule has 0 aliphatic carbocycles. The molecule has 1 saturated heterocycles. The lowest BCUT2D eigenvalue weighted by atomic mass is 9.95. The maximum absolute atomic E-state index is 14.8. The fourth-order valence-corrected chi connectivity index (χ4v) is 5.32. The average Bonchev–Trinajstić information content (AvgIpc) is 3.03. The summed E-state index contributed by atoms with van der Waals surface area (Å²) in [6.45, 7) is 11.6. The van der Waals surface area contributed by atoms with Gasteiger partial charge in [0.15, 0.2) is 23.1 Å². The number of hydrogen-bond donors (Lipinski definition) is 2. The number of nitrogens with one attached hydrogen (secondary N) is 2. The van der Waals surface area contributed by atoms with Gasteiger partial charge in [0.1, 0.15) is 5.82 Å². The van der Waals surface area contributed by atoms with Crippen molar-refractivity contribution in [1.29, 1.82) is 0 Å². The Bertz CT molecular complexity index is 1680. The van der Waals surface area contributed by atoms with Gasteiger partial charge in [-0.15, -0.1) is 0 Å². The number of anilines is 3. The number of carbonyl (C=O) groups excluding carboxylic acids is 1. The molecular formula is C35H41FN6O4. The fourth-order valence-electron chi connectivity index (χ4n) is 5.32. The van der Waals surface area contributed by atoms with Crippen LogP contribution in [0.5, 0.6) is 17.2 Å².